The minimum absolute atomic E-state index is 0.0866. The van der Waals surface area contributed by atoms with Crippen LogP contribution in [0.2, 0.25) is 0 Å². The summed E-state index contributed by atoms with van der Waals surface area (Å²) in [6, 6.07) is 0.653. The molecule has 2 N–H and O–H groups in total. The first-order valence-corrected chi connectivity index (χ1v) is 6.65. The number of hydrogen-bond acceptors (Lipinski definition) is 2. The Balaban J connectivity index is 1.75. The van der Waals surface area contributed by atoms with Gasteiger partial charge in [-0.05, 0) is 31.1 Å². The quantitative estimate of drug-likeness (QED) is 0.756. The smallest absolute Gasteiger partial charge is 0.303 e. The predicted octanol–water partition coefficient (Wildman–Crippen LogP) is 2.55. The number of aliphatic carboxylic acids is 1. The molecule has 3 nitrogen and oxygen atoms in total. The molecule has 0 radical (unpaired) electrons. The zero-order valence-corrected chi connectivity index (χ0v) is 10.0. The van der Waals surface area contributed by atoms with Crippen molar-refractivity contribution < 1.29 is 9.90 Å². The fourth-order valence-electron chi connectivity index (χ4n) is 3.08. The largest absolute Gasteiger partial charge is 0.481 e. The molecule has 0 bridgehead atoms. The second kappa shape index (κ2) is 5.17. The van der Waals surface area contributed by atoms with Gasteiger partial charge in [-0.15, -0.1) is 0 Å². The van der Waals surface area contributed by atoms with Crippen LogP contribution in [0.5, 0.6) is 0 Å². The van der Waals surface area contributed by atoms with E-state index in [1.807, 2.05) is 0 Å². The summed E-state index contributed by atoms with van der Waals surface area (Å²) in [4.78, 5) is 10.8. The lowest BCUT2D eigenvalue weighted by Gasteiger charge is -2.42. The Bertz CT molecular complexity index is 242. The van der Waals surface area contributed by atoms with Crippen LogP contribution in [0.1, 0.15) is 57.8 Å². The van der Waals surface area contributed by atoms with Crippen LogP contribution in [0.3, 0.4) is 0 Å². The normalized spacial score (nSPS) is 25.0. The van der Waals surface area contributed by atoms with Crippen LogP contribution in [0.15, 0.2) is 0 Å². The highest BCUT2D eigenvalue weighted by Gasteiger charge is 2.39. The van der Waals surface area contributed by atoms with E-state index >= 15 is 0 Å². The summed E-state index contributed by atoms with van der Waals surface area (Å²) in [7, 11) is 0. The van der Waals surface area contributed by atoms with Gasteiger partial charge in [0.15, 0.2) is 0 Å². The lowest BCUT2D eigenvalue weighted by Crippen LogP contribution is -2.45. The monoisotopic (exact) mass is 225 g/mol. The average molecular weight is 225 g/mol. The number of nitrogens with one attached hydrogen (secondary N) is 1. The van der Waals surface area contributed by atoms with Gasteiger partial charge >= 0.3 is 5.97 Å². The SMILES string of the molecule is O=C(O)CC1(CNC2CCCCC2)CCC1. The predicted molar refractivity (Wildman–Crippen MR) is 63.4 cm³/mol. The number of carboxylic acid groups (broad SMARTS) is 1. The molecule has 2 saturated carbocycles. The molecule has 0 aliphatic heterocycles. The Morgan fingerprint density at radius 1 is 1.19 bits per heavy atom. The Labute approximate surface area is 97.6 Å². The van der Waals surface area contributed by atoms with E-state index in [0.717, 1.165) is 19.4 Å². The van der Waals surface area contributed by atoms with Crippen LogP contribution in [0.25, 0.3) is 0 Å². The van der Waals surface area contributed by atoms with Gasteiger partial charge in [0, 0.05) is 12.6 Å². The first-order chi connectivity index (χ1) is 7.70. The van der Waals surface area contributed by atoms with Crippen molar-refractivity contribution in [3.63, 3.8) is 0 Å². The highest BCUT2D eigenvalue weighted by molar-refractivity contribution is 5.68. The molecule has 0 aromatic heterocycles. The Hall–Kier alpha value is -0.570. The van der Waals surface area contributed by atoms with Crippen LogP contribution >= 0.6 is 0 Å². The maximum absolute atomic E-state index is 10.8. The molecule has 2 aliphatic rings. The molecule has 92 valence electrons. The maximum atomic E-state index is 10.8. The number of carbonyl (C=O) groups is 1. The molecule has 2 fully saturated rings. The molecule has 0 atom stereocenters. The van der Waals surface area contributed by atoms with Crippen LogP contribution in [-0.4, -0.2) is 23.7 Å². The van der Waals surface area contributed by atoms with Crippen LogP contribution < -0.4 is 5.32 Å². The van der Waals surface area contributed by atoms with E-state index in [1.165, 1.54) is 38.5 Å². The molecular formula is C13H23NO2. The van der Waals surface area contributed by atoms with Gasteiger partial charge in [0.1, 0.15) is 0 Å². The van der Waals surface area contributed by atoms with E-state index < -0.39 is 5.97 Å². The second-order valence-electron chi connectivity index (χ2n) is 5.64. The minimum atomic E-state index is -0.634. The minimum Gasteiger partial charge on any atom is -0.481 e. The van der Waals surface area contributed by atoms with Gasteiger partial charge < -0.3 is 10.4 Å². The summed E-state index contributed by atoms with van der Waals surface area (Å²) in [5.41, 5.74) is 0.0866. The van der Waals surface area contributed by atoms with Crippen molar-refractivity contribution in [2.75, 3.05) is 6.54 Å². The fourth-order valence-corrected chi connectivity index (χ4v) is 3.08. The molecule has 0 aromatic rings. The van der Waals surface area contributed by atoms with Gasteiger partial charge in [0.2, 0.25) is 0 Å². The van der Waals surface area contributed by atoms with E-state index in [2.05, 4.69) is 5.32 Å². The van der Waals surface area contributed by atoms with Crippen LogP contribution in [-0.2, 0) is 4.79 Å². The molecule has 0 aromatic carbocycles. The van der Waals surface area contributed by atoms with Gasteiger partial charge in [-0.1, -0.05) is 25.7 Å². The average Bonchev–Trinajstić information content (AvgIpc) is 2.23. The first-order valence-electron chi connectivity index (χ1n) is 6.65. The summed E-state index contributed by atoms with van der Waals surface area (Å²) in [6.45, 7) is 0.921. The van der Waals surface area contributed by atoms with E-state index in [9.17, 15) is 4.79 Å². The Kier molecular flexibility index (Phi) is 3.85. The van der Waals surface area contributed by atoms with Crippen LogP contribution in [0, 0.1) is 5.41 Å². The third-order valence-electron chi connectivity index (χ3n) is 4.31. The Morgan fingerprint density at radius 3 is 2.38 bits per heavy atom. The van der Waals surface area contributed by atoms with Crippen molar-refractivity contribution >= 4 is 5.97 Å². The molecule has 0 amide bonds. The van der Waals surface area contributed by atoms with Crippen molar-refractivity contribution in [1.29, 1.82) is 0 Å². The third-order valence-corrected chi connectivity index (χ3v) is 4.31. The first kappa shape index (κ1) is 11.9. The molecule has 0 spiro atoms. The zero-order valence-electron chi connectivity index (χ0n) is 10.0. The third kappa shape index (κ3) is 2.97. The molecule has 0 unspecified atom stereocenters. The summed E-state index contributed by atoms with van der Waals surface area (Å²) in [6.07, 6.45) is 10.4. The molecule has 0 saturated heterocycles. The summed E-state index contributed by atoms with van der Waals surface area (Å²) in [5, 5.41) is 12.5. The zero-order chi connectivity index (χ0) is 11.4. The van der Waals surface area contributed by atoms with Gasteiger partial charge in [0.05, 0.1) is 6.42 Å². The van der Waals surface area contributed by atoms with E-state index in [0.29, 0.717) is 12.5 Å². The lowest BCUT2D eigenvalue weighted by atomic mass is 9.66. The molecular weight excluding hydrogens is 202 g/mol. The van der Waals surface area contributed by atoms with E-state index in [4.69, 9.17) is 5.11 Å². The van der Waals surface area contributed by atoms with Crippen molar-refractivity contribution in [2.24, 2.45) is 5.41 Å². The number of hydrogen-bond donors (Lipinski definition) is 2. The Morgan fingerprint density at radius 2 is 1.88 bits per heavy atom. The van der Waals surface area contributed by atoms with Gasteiger partial charge in [-0.2, -0.15) is 0 Å². The maximum Gasteiger partial charge on any atom is 0.303 e. The lowest BCUT2D eigenvalue weighted by molar-refractivity contribution is -0.141. The van der Waals surface area contributed by atoms with Gasteiger partial charge in [-0.3, -0.25) is 4.79 Å². The number of carboxylic acids is 1. The molecule has 2 rings (SSSR count). The number of rotatable bonds is 5. The van der Waals surface area contributed by atoms with Gasteiger partial charge in [0.25, 0.3) is 0 Å². The van der Waals surface area contributed by atoms with Crippen LogP contribution in [0.4, 0.5) is 0 Å². The molecule has 3 heteroatoms. The summed E-state index contributed by atoms with van der Waals surface area (Å²) >= 11 is 0. The fraction of sp³-hybridized carbons (Fsp3) is 0.923. The molecule has 0 heterocycles. The van der Waals surface area contributed by atoms with E-state index in [-0.39, 0.29) is 5.41 Å². The summed E-state index contributed by atoms with van der Waals surface area (Å²) in [5.74, 6) is -0.634. The second-order valence-corrected chi connectivity index (χ2v) is 5.64. The van der Waals surface area contributed by atoms with Crippen molar-refractivity contribution in [1.82, 2.24) is 5.32 Å². The standard InChI is InChI=1S/C13H23NO2/c15-12(16)9-13(7-4-8-13)10-14-11-5-2-1-3-6-11/h11,14H,1-10H2,(H,15,16). The van der Waals surface area contributed by atoms with E-state index in [1.54, 1.807) is 0 Å². The topological polar surface area (TPSA) is 49.3 Å². The summed E-state index contributed by atoms with van der Waals surface area (Å²) < 4.78 is 0. The van der Waals surface area contributed by atoms with Crippen molar-refractivity contribution in [3.8, 4) is 0 Å². The molecule has 16 heavy (non-hydrogen) atoms. The molecule has 2 aliphatic carbocycles. The highest BCUT2D eigenvalue weighted by atomic mass is 16.4. The van der Waals surface area contributed by atoms with Crippen molar-refractivity contribution in [3.05, 3.63) is 0 Å². The van der Waals surface area contributed by atoms with Gasteiger partial charge in [-0.25, -0.2) is 0 Å². The van der Waals surface area contributed by atoms with Crippen molar-refractivity contribution in [2.45, 2.75) is 63.8 Å². The highest BCUT2D eigenvalue weighted by Crippen LogP contribution is 2.43.